The normalized spacial score (nSPS) is 10.4. The molecule has 2 aromatic heterocycles. The summed E-state index contributed by atoms with van der Waals surface area (Å²) in [6, 6.07) is 13.7. The van der Waals surface area contributed by atoms with Crippen LogP contribution in [0.1, 0.15) is 5.56 Å². The van der Waals surface area contributed by atoms with Crippen molar-refractivity contribution in [1.29, 1.82) is 0 Å². The number of hydrogen-bond donors (Lipinski definition) is 3. The summed E-state index contributed by atoms with van der Waals surface area (Å²) in [5.41, 5.74) is 2.10. The Morgan fingerprint density at radius 3 is 2.67 bits per heavy atom. The van der Waals surface area contributed by atoms with E-state index in [1.807, 2.05) is 18.2 Å². The van der Waals surface area contributed by atoms with Gasteiger partial charge in [-0.3, -0.25) is 15.1 Å². The fourth-order valence-electron chi connectivity index (χ4n) is 2.40. The lowest BCUT2D eigenvalue weighted by Crippen LogP contribution is -2.11. The molecule has 0 saturated carbocycles. The number of pyridine rings is 1. The van der Waals surface area contributed by atoms with Crippen molar-refractivity contribution >= 4 is 17.5 Å². The summed E-state index contributed by atoms with van der Waals surface area (Å²) in [6.07, 6.45) is 1.68. The Hall–Kier alpha value is -3.59. The van der Waals surface area contributed by atoms with Gasteiger partial charge in [-0.2, -0.15) is 4.98 Å². The molecule has 0 unspecified atom stereocenters. The highest BCUT2D eigenvalue weighted by atomic mass is 16.6. The Balaban J connectivity index is 1.83. The van der Waals surface area contributed by atoms with Gasteiger partial charge in [0, 0.05) is 37.5 Å². The third kappa shape index (κ3) is 4.95. The first-order valence-corrected chi connectivity index (χ1v) is 8.28. The summed E-state index contributed by atoms with van der Waals surface area (Å²) in [6.45, 7) is 0.628. The van der Waals surface area contributed by atoms with Crippen LogP contribution < -0.4 is 10.6 Å². The van der Waals surface area contributed by atoms with E-state index in [1.54, 1.807) is 24.4 Å². The molecule has 0 aliphatic carbocycles. The summed E-state index contributed by atoms with van der Waals surface area (Å²) in [5.74, 6) is 0.895. The van der Waals surface area contributed by atoms with Gasteiger partial charge in [0.25, 0.3) is 5.69 Å². The molecule has 1 aromatic carbocycles. The molecule has 0 fully saturated rings. The maximum absolute atomic E-state index is 10.9. The van der Waals surface area contributed by atoms with E-state index in [1.165, 1.54) is 12.1 Å². The van der Waals surface area contributed by atoms with E-state index < -0.39 is 4.92 Å². The second kappa shape index (κ2) is 8.68. The van der Waals surface area contributed by atoms with Crippen LogP contribution >= 0.6 is 0 Å². The van der Waals surface area contributed by atoms with Gasteiger partial charge >= 0.3 is 0 Å². The number of non-ortho nitro benzene ring substituents is 1. The fourth-order valence-corrected chi connectivity index (χ4v) is 2.40. The molecule has 0 bridgehead atoms. The maximum atomic E-state index is 10.9. The van der Waals surface area contributed by atoms with Crippen molar-refractivity contribution in [2.45, 2.75) is 6.54 Å². The Bertz CT molecular complexity index is 920. The average molecular weight is 366 g/mol. The summed E-state index contributed by atoms with van der Waals surface area (Å²) < 4.78 is 0. The van der Waals surface area contributed by atoms with E-state index in [9.17, 15) is 10.1 Å². The molecule has 0 radical (unpaired) electrons. The topological polar surface area (TPSA) is 126 Å². The van der Waals surface area contributed by atoms with E-state index in [0.29, 0.717) is 36.2 Å². The molecule has 0 amide bonds. The quantitative estimate of drug-likeness (QED) is 0.410. The first-order valence-electron chi connectivity index (χ1n) is 8.28. The first-order chi connectivity index (χ1) is 13.2. The molecule has 0 aliphatic rings. The van der Waals surface area contributed by atoms with Crippen molar-refractivity contribution in [3.05, 3.63) is 70.4 Å². The summed E-state index contributed by atoms with van der Waals surface area (Å²) in [5, 5.41) is 26.0. The number of aliphatic hydroxyl groups is 1. The number of hydrogen-bond acceptors (Lipinski definition) is 8. The van der Waals surface area contributed by atoms with Gasteiger partial charge in [-0.05, 0) is 17.7 Å². The van der Waals surface area contributed by atoms with Crippen LogP contribution in [0.25, 0.3) is 11.4 Å². The lowest BCUT2D eigenvalue weighted by atomic mass is 10.2. The van der Waals surface area contributed by atoms with E-state index in [0.717, 1.165) is 5.56 Å². The minimum atomic E-state index is -0.426. The van der Waals surface area contributed by atoms with Crippen molar-refractivity contribution in [1.82, 2.24) is 15.0 Å². The third-order valence-electron chi connectivity index (χ3n) is 3.64. The summed E-state index contributed by atoms with van der Waals surface area (Å²) in [7, 11) is 0. The van der Waals surface area contributed by atoms with Crippen LogP contribution in [0.2, 0.25) is 0 Å². The van der Waals surface area contributed by atoms with Gasteiger partial charge in [-0.25, -0.2) is 4.98 Å². The zero-order valence-corrected chi connectivity index (χ0v) is 14.4. The van der Waals surface area contributed by atoms with Gasteiger partial charge in [-0.15, -0.1) is 0 Å². The second-order valence-electron chi connectivity index (χ2n) is 5.61. The highest BCUT2D eigenvalue weighted by Gasteiger charge is 2.09. The third-order valence-corrected chi connectivity index (χ3v) is 3.64. The predicted molar refractivity (Wildman–Crippen MR) is 101 cm³/mol. The monoisotopic (exact) mass is 366 g/mol. The Morgan fingerprint density at radius 2 is 1.93 bits per heavy atom. The molecular weight excluding hydrogens is 348 g/mol. The van der Waals surface area contributed by atoms with Gasteiger partial charge in [-0.1, -0.05) is 18.2 Å². The number of rotatable bonds is 8. The van der Waals surface area contributed by atoms with Crippen LogP contribution in [0.3, 0.4) is 0 Å². The SMILES string of the molecule is O=[N+]([O-])c1cccc(CNc2cc(-c3ccccn3)nc(NCCO)n2)c1. The molecule has 0 spiro atoms. The smallest absolute Gasteiger partial charge is 0.269 e. The van der Waals surface area contributed by atoms with E-state index in [4.69, 9.17) is 5.11 Å². The Labute approximate surface area is 155 Å². The summed E-state index contributed by atoms with van der Waals surface area (Å²) >= 11 is 0. The van der Waals surface area contributed by atoms with Crippen LogP contribution in [0.15, 0.2) is 54.7 Å². The number of nitro benzene ring substituents is 1. The van der Waals surface area contributed by atoms with Crippen LogP contribution in [-0.2, 0) is 6.54 Å². The van der Waals surface area contributed by atoms with Gasteiger partial charge in [0.15, 0.2) is 0 Å². The highest BCUT2D eigenvalue weighted by molar-refractivity contribution is 5.61. The second-order valence-corrected chi connectivity index (χ2v) is 5.61. The van der Waals surface area contributed by atoms with Crippen molar-refractivity contribution < 1.29 is 10.0 Å². The molecule has 0 saturated heterocycles. The lowest BCUT2D eigenvalue weighted by Gasteiger charge is -2.11. The van der Waals surface area contributed by atoms with Crippen molar-refractivity contribution in [3.8, 4) is 11.4 Å². The predicted octanol–water partition coefficient (Wildman–Crippen LogP) is 2.46. The molecule has 2 heterocycles. The Morgan fingerprint density at radius 1 is 1.04 bits per heavy atom. The Kier molecular flexibility index (Phi) is 5.85. The fraction of sp³-hybridized carbons (Fsp3) is 0.167. The molecule has 3 rings (SSSR count). The molecule has 138 valence electrons. The number of aromatic nitrogens is 3. The van der Waals surface area contributed by atoms with Crippen molar-refractivity contribution in [2.75, 3.05) is 23.8 Å². The average Bonchev–Trinajstić information content (AvgIpc) is 2.71. The van der Waals surface area contributed by atoms with E-state index >= 15 is 0 Å². The molecule has 3 aromatic rings. The van der Waals surface area contributed by atoms with Crippen LogP contribution in [0.5, 0.6) is 0 Å². The van der Waals surface area contributed by atoms with Crippen LogP contribution in [0.4, 0.5) is 17.5 Å². The molecular formula is C18H18N6O3. The lowest BCUT2D eigenvalue weighted by molar-refractivity contribution is -0.384. The van der Waals surface area contributed by atoms with Gasteiger partial charge in [0.2, 0.25) is 5.95 Å². The number of nitrogens with zero attached hydrogens (tertiary/aromatic N) is 4. The van der Waals surface area contributed by atoms with Crippen LogP contribution in [0, 0.1) is 10.1 Å². The van der Waals surface area contributed by atoms with E-state index in [2.05, 4.69) is 25.6 Å². The van der Waals surface area contributed by atoms with Gasteiger partial charge in [0.1, 0.15) is 5.82 Å². The number of benzene rings is 1. The van der Waals surface area contributed by atoms with Crippen molar-refractivity contribution in [3.63, 3.8) is 0 Å². The number of nitro groups is 1. The molecule has 3 N–H and O–H groups in total. The molecule has 0 aliphatic heterocycles. The minimum absolute atomic E-state index is 0.0384. The number of nitrogens with one attached hydrogen (secondary N) is 2. The van der Waals surface area contributed by atoms with E-state index in [-0.39, 0.29) is 12.3 Å². The molecule has 0 atom stereocenters. The van der Waals surface area contributed by atoms with Crippen molar-refractivity contribution in [2.24, 2.45) is 0 Å². The summed E-state index contributed by atoms with van der Waals surface area (Å²) in [4.78, 5) is 23.5. The number of aliphatic hydroxyl groups excluding tert-OH is 1. The standard InChI is InChI=1S/C18H18N6O3/c25-9-8-20-18-22-16(15-6-1-2-7-19-15)11-17(23-18)21-12-13-4-3-5-14(10-13)24(26)27/h1-7,10-11,25H,8-9,12H2,(H2,20,21,22,23). The maximum Gasteiger partial charge on any atom is 0.269 e. The highest BCUT2D eigenvalue weighted by Crippen LogP contribution is 2.20. The van der Waals surface area contributed by atoms with Gasteiger partial charge in [0.05, 0.1) is 22.9 Å². The molecule has 9 nitrogen and oxygen atoms in total. The van der Waals surface area contributed by atoms with Crippen LogP contribution in [-0.4, -0.2) is 38.1 Å². The molecule has 9 heteroatoms. The largest absolute Gasteiger partial charge is 0.395 e. The first kappa shape index (κ1) is 18.2. The molecule has 27 heavy (non-hydrogen) atoms. The number of anilines is 2. The minimum Gasteiger partial charge on any atom is -0.395 e. The zero-order valence-electron chi connectivity index (χ0n) is 14.4. The zero-order chi connectivity index (χ0) is 19.1. The van der Waals surface area contributed by atoms with Gasteiger partial charge < -0.3 is 15.7 Å².